The van der Waals surface area contributed by atoms with Crippen molar-refractivity contribution in [2.24, 2.45) is 0 Å². The van der Waals surface area contributed by atoms with E-state index in [1.807, 2.05) is 13.8 Å². The van der Waals surface area contributed by atoms with Crippen LogP contribution in [0.3, 0.4) is 0 Å². The topological polar surface area (TPSA) is 102 Å². The van der Waals surface area contributed by atoms with E-state index in [1.165, 1.54) is 7.11 Å². The summed E-state index contributed by atoms with van der Waals surface area (Å²) in [6, 6.07) is 3.25. The molecule has 2 aromatic rings. The molecule has 0 radical (unpaired) electrons. The molecule has 0 aromatic heterocycles. The fourth-order valence-corrected chi connectivity index (χ4v) is 3.68. The number of benzene rings is 2. The number of hydrogen-bond acceptors (Lipinski definition) is 9. The van der Waals surface area contributed by atoms with Crippen LogP contribution < -0.4 is 28.4 Å². The van der Waals surface area contributed by atoms with Crippen molar-refractivity contribution in [2.75, 3.05) is 33.9 Å². The standard InChI is InChI=1S/C23H26O9/c1-4-6-27-15-8-13(10-24)17(21-19(15)29-11-31-21)18-14(23(25)26-3)9-16(28-7-5-2)20-22(18)32-12-30-20/h8-9,24H,4-7,10-12H2,1-3H3. The van der Waals surface area contributed by atoms with E-state index in [0.29, 0.717) is 64.4 Å². The van der Waals surface area contributed by atoms with Gasteiger partial charge in [0.15, 0.2) is 23.0 Å². The molecule has 0 spiro atoms. The van der Waals surface area contributed by atoms with Gasteiger partial charge >= 0.3 is 5.97 Å². The summed E-state index contributed by atoms with van der Waals surface area (Å²) < 4.78 is 39.5. The van der Waals surface area contributed by atoms with Gasteiger partial charge in [0.05, 0.1) is 32.5 Å². The molecule has 172 valence electrons. The number of aliphatic hydroxyl groups excluding tert-OH is 1. The van der Waals surface area contributed by atoms with Crippen LogP contribution in [-0.2, 0) is 11.3 Å². The van der Waals surface area contributed by atoms with Crippen LogP contribution in [0.25, 0.3) is 11.1 Å². The molecule has 0 saturated heterocycles. The zero-order valence-electron chi connectivity index (χ0n) is 18.3. The van der Waals surface area contributed by atoms with E-state index in [4.69, 9.17) is 33.2 Å². The van der Waals surface area contributed by atoms with Crippen LogP contribution in [0.15, 0.2) is 12.1 Å². The Labute approximate surface area is 185 Å². The first-order valence-electron chi connectivity index (χ1n) is 10.5. The first-order chi connectivity index (χ1) is 15.6. The molecule has 2 heterocycles. The summed E-state index contributed by atoms with van der Waals surface area (Å²) in [7, 11) is 1.29. The highest BCUT2D eigenvalue weighted by molar-refractivity contribution is 6.03. The van der Waals surface area contributed by atoms with Crippen LogP contribution in [0.5, 0.6) is 34.5 Å². The smallest absolute Gasteiger partial charge is 0.338 e. The summed E-state index contributed by atoms with van der Waals surface area (Å²) in [5.74, 6) is 1.70. The lowest BCUT2D eigenvalue weighted by Crippen LogP contribution is -2.08. The van der Waals surface area contributed by atoms with E-state index in [-0.39, 0.29) is 25.8 Å². The minimum absolute atomic E-state index is 0.0233. The van der Waals surface area contributed by atoms with Crippen molar-refractivity contribution >= 4 is 5.97 Å². The molecule has 2 aliphatic rings. The van der Waals surface area contributed by atoms with E-state index in [9.17, 15) is 9.90 Å². The predicted molar refractivity (Wildman–Crippen MR) is 113 cm³/mol. The summed E-state index contributed by atoms with van der Waals surface area (Å²) in [5.41, 5.74) is 1.50. The molecule has 2 aromatic carbocycles. The van der Waals surface area contributed by atoms with Gasteiger partial charge in [-0.05, 0) is 30.5 Å². The lowest BCUT2D eigenvalue weighted by molar-refractivity contribution is 0.0600. The molecule has 4 rings (SSSR count). The van der Waals surface area contributed by atoms with E-state index < -0.39 is 5.97 Å². The third-order valence-corrected chi connectivity index (χ3v) is 5.05. The maximum absolute atomic E-state index is 12.8. The average Bonchev–Trinajstić information content (AvgIpc) is 3.50. The first-order valence-corrected chi connectivity index (χ1v) is 10.5. The van der Waals surface area contributed by atoms with E-state index in [0.717, 1.165) is 12.8 Å². The quantitative estimate of drug-likeness (QED) is 0.578. The number of methoxy groups -OCH3 is 1. The number of fused-ring (bicyclic) bond motifs is 2. The molecule has 0 amide bonds. The van der Waals surface area contributed by atoms with Gasteiger partial charge in [-0.25, -0.2) is 4.79 Å². The highest BCUT2D eigenvalue weighted by Gasteiger charge is 2.36. The number of esters is 1. The Hall–Kier alpha value is -3.33. The maximum atomic E-state index is 12.8. The fraction of sp³-hybridized carbons (Fsp3) is 0.435. The monoisotopic (exact) mass is 446 g/mol. The van der Waals surface area contributed by atoms with Gasteiger partial charge < -0.3 is 38.3 Å². The van der Waals surface area contributed by atoms with Crippen LogP contribution in [0.2, 0.25) is 0 Å². The van der Waals surface area contributed by atoms with Gasteiger partial charge in [0, 0.05) is 11.1 Å². The van der Waals surface area contributed by atoms with Crippen molar-refractivity contribution in [3.05, 3.63) is 23.3 Å². The number of carbonyl (C=O) groups is 1. The number of ether oxygens (including phenoxy) is 7. The van der Waals surface area contributed by atoms with Crippen LogP contribution >= 0.6 is 0 Å². The summed E-state index contributed by atoms with van der Waals surface area (Å²) >= 11 is 0. The zero-order valence-corrected chi connectivity index (χ0v) is 18.3. The van der Waals surface area contributed by atoms with Gasteiger partial charge in [-0.1, -0.05) is 13.8 Å². The third kappa shape index (κ3) is 3.73. The molecule has 0 atom stereocenters. The molecule has 0 aliphatic carbocycles. The normalized spacial score (nSPS) is 13.2. The molecule has 0 unspecified atom stereocenters. The maximum Gasteiger partial charge on any atom is 0.338 e. The summed E-state index contributed by atoms with van der Waals surface area (Å²) in [4.78, 5) is 12.8. The lowest BCUT2D eigenvalue weighted by Gasteiger charge is -2.19. The molecule has 9 nitrogen and oxygen atoms in total. The Bertz CT molecular complexity index is 1020. The molecule has 32 heavy (non-hydrogen) atoms. The van der Waals surface area contributed by atoms with Crippen LogP contribution in [0.4, 0.5) is 0 Å². The largest absolute Gasteiger partial charge is 0.490 e. The predicted octanol–water partition coefficient (Wildman–Crippen LogP) is 3.67. The molecule has 0 saturated carbocycles. The Morgan fingerprint density at radius 3 is 1.94 bits per heavy atom. The summed E-state index contributed by atoms with van der Waals surface area (Å²) in [6.07, 6.45) is 1.58. The van der Waals surface area contributed by atoms with Gasteiger partial charge in [0.2, 0.25) is 25.1 Å². The van der Waals surface area contributed by atoms with Crippen molar-refractivity contribution in [3.8, 4) is 45.6 Å². The molecule has 0 bridgehead atoms. The number of carbonyl (C=O) groups excluding carboxylic acids is 1. The Morgan fingerprint density at radius 1 is 0.875 bits per heavy atom. The van der Waals surface area contributed by atoms with E-state index in [1.54, 1.807) is 12.1 Å². The highest BCUT2D eigenvalue weighted by atomic mass is 16.7. The number of hydrogen-bond donors (Lipinski definition) is 1. The molecule has 2 aliphatic heterocycles. The average molecular weight is 446 g/mol. The Morgan fingerprint density at radius 2 is 1.41 bits per heavy atom. The fourth-order valence-electron chi connectivity index (χ4n) is 3.68. The zero-order chi connectivity index (χ0) is 22.7. The Kier molecular flexibility index (Phi) is 6.45. The lowest BCUT2D eigenvalue weighted by atomic mass is 9.92. The second-order valence-corrected chi connectivity index (χ2v) is 7.18. The van der Waals surface area contributed by atoms with Gasteiger partial charge in [-0.2, -0.15) is 0 Å². The van der Waals surface area contributed by atoms with Gasteiger partial charge in [-0.3, -0.25) is 0 Å². The number of aliphatic hydroxyl groups is 1. The van der Waals surface area contributed by atoms with Crippen LogP contribution in [-0.4, -0.2) is 45.0 Å². The highest BCUT2D eigenvalue weighted by Crippen LogP contribution is 2.56. The SMILES string of the molecule is CCCOc1cc(CO)c(-c2c(C(=O)OC)cc(OCCC)c3c2OCO3)c2c1OCO2. The Balaban J connectivity index is 1.98. The van der Waals surface area contributed by atoms with E-state index in [2.05, 4.69) is 0 Å². The van der Waals surface area contributed by atoms with Crippen molar-refractivity contribution in [1.82, 2.24) is 0 Å². The van der Waals surface area contributed by atoms with Crippen molar-refractivity contribution in [1.29, 1.82) is 0 Å². The van der Waals surface area contributed by atoms with Gasteiger partial charge in [0.1, 0.15) is 0 Å². The van der Waals surface area contributed by atoms with Crippen molar-refractivity contribution in [3.63, 3.8) is 0 Å². The minimum Gasteiger partial charge on any atom is -0.490 e. The second kappa shape index (κ2) is 9.44. The first kappa shape index (κ1) is 21.9. The summed E-state index contributed by atoms with van der Waals surface area (Å²) in [6.45, 7) is 4.48. The second-order valence-electron chi connectivity index (χ2n) is 7.18. The van der Waals surface area contributed by atoms with Crippen molar-refractivity contribution in [2.45, 2.75) is 33.3 Å². The molecule has 9 heteroatoms. The van der Waals surface area contributed by atoms with Gasteiger partial charge in [0.25, 0.3) is 0 Å². The van der Waals surface area contributed by atoms with Crippen molar-refractivity contribution < 1.29 is 43.1 Å². The minimum atomic E-state index is -0.595. The van der Waals surface area contributed by atoms with Crippen LogP contribution in [0, 0.1) is 0 Å². The third-order valence-electron chi connectivity index (χ3n) is 5.05. The molecular formula is C23H26O9. The molecule has 0 fully saturated rings. The van der Waals surface area contributed by atoms with E-state index >= 15 is 0 Å². The molecule has 1 N–H and O–H groups in total. The molecular weight excluding hydrogens is 420 g/mol. The van der Waals surface area contributed by atoms with Crippen LogP contribution in [0.1, 0.15) is 42.6 Å². The van der Waals surface area contributed by atoms with Gasteiger partial charge in [-0.15, -0.1) is 0 Å². The summed E-state index contributed by atoms with van der Waals surface area (Å²) in [5, 5.41) is 10.2. The number of rotatable bonds is 9.